The summed E-state index contributed by atoms with van der Waals surface area (Å²) in [5.74, 6) is 1.03. The maximum absolute atomic E-state index is 4.30. The third-order valence-corrected chi connectivity index (χ3v) is 6.76. The maximum Gasteiger partial charge on any atom is -0.00266 e. The van der Waals surface area contributed by atoms with Crippen LogP contribution in [0.4, 0.5) is 0 Å². The van der Waals surface area contributed by atoms with E-state index in [2.05, 4.69) is 91.5 Å². The highest BCUT2D eigenvalue weighted by atomic mass is 32.1. The molecule has 0 radical (unpaired) electrons. The first-order valence-electron chi connectivity index (χ1n) is 12.0. The SMILES string of the molecule is SCCCCCCCCCCc1c2ccccc2c(-c2ccccc2)c2ccccc12. The number of hydrogen-bond acceptors (Lipinski definition) is 1. The molecular formula is C30H34S. The van der Waals surface area contributed by atoms with Gasteiger partial charge in [-0.25, -0.2) is 0 Å². The molecule has 0 unspecified atom stereocenters. The zero-order chi connectivity index (χ0) is 21.3. The van der Waals surface area contributed by atoms with Gasteiger partial charge in [-0.05, 0) is 63.3 Å². The van der Waals surface area contributed by atoms with E-state index in [1.165, 1.54) is 89.6 Å². The van der Waals surface area contributed by atoms with Crippen LogP contribution in [0.2, 0.25) is 0 Å². The fraction of sp³-hybridized carbons (Fsp3) is 0.333. The van der Waals surface area contributed by atoms with Crippen LogP contribution in [-0.4, -0.2) is 5.75 Å². The Labute approximate surface area is 193 Å². The van der Waals surface area contributed by atoms with E-state index in [0.717, 1.165) is 12.2 Å². The van der Waals surface area contributed by atoms with Crippen molar-refractivity contribution in [1.29, 1.82) is 0 Å². The van der Waals surface area contributed by atoms with Crippen LogP contribution in [0.15, 0.2) is 78.9 Å². The number of fused-ring (bicyclic) bond motifs is 2. The summed E-state index contributed by atoms with van der Waals surface area (Å²) in [7, 11) is 0. The van der Waals surface area contributed by atoms with E-state index in [4.69, 9.17) is 0 Å². The van der Waals surface area contributed by atoms with Gasteiger partial charge in [0.1, 0.15) is 0 Å². The molecule has 0 heterocycles. The van der Waals surface area contributed by atoms with Gasteiger partial charge < -0.3 is 0 Å². The van der Waals surface area contributed by atoms with Crippen molar-refractivity contribution in [3.05, 3.63) is 84.4 Å². The molecule has 0 atom stereocenters. The van der Waals surface area contributed by atoms with Gasteiger partial charge in [-0.2, -0.15) is 12.6 Å². The topological polar surface area (TPSA) is 0 Å². The maximum atomic E-state index is 4.30. The number of hydrogen-bond donors (Lipinski definition) is 1. The smallest absolute Gasteiger partial charge is 0.00266 e. The lowest BCUT2D eigenvalue weighted by atomic mass is 9.87. The van der Waals surface area contributed by atoms with E-state index in [0.29, 0.717) is 0 Å². The predicted molar refractivity (Wildman–Crippen MR) is 141 cm³/mol. The molecule has 0 aromatic heterocycles. The van der Waals surface area contributed by atoms with Gasteiger partial charge in [0.2, 0.25) is 0 Å². The molecule has 4 rings (SSSR count). The lowest BCUT2D eigenvalue weighted by molar-refractivity contribution is 0.577. The summed E-state index contributed by atoms with van der Waals surface area (Å²) >= 11 is 4.30. The zero-order valence-electron chi connectivity index (χ0n) is 18.5. The van der Waals surface area contributed by atoms with Gasteiger partial charge in [0.05, 0.1) is 0 Å². The van der Waals surface area contributed by atoms with Crippen molar-refractivity contribution in [3.8, 4) is 11.1 Å². The molecule has 0 aliphatic rings. The lowest BCUT2D eigenvalue weighted by Crippen LogP contribution is -1.94. The van der Waals surface area contributed by atoms with E-state index in [-0.39, 0.29) is 0 Å². The Morgan fingerprint density at radius 3 is 1.45 bits per heavy atom. The van der Waals surface area contributed by atoms with Gasteiger partial charge in [0.25, 0.3) is 0 Å². The minimum absolute atomic E-state index is 1.03. The number of benzene rings is 4. The zero-order valence-corrected chi connectivity index (χ0v) is 19.4. The molecule has 0 fully saturated rings. The molecule has 0 aliphatic carbocycles. The fourth-order valence-corrected chi connectivity index (χ4v) is 5.10. The van der Waals surface area contributed by atoms with Crippen molar-refractivity contribution in [2.75, 3.05) is 5.75 Å². The molecule has 0 saturated carbocycles. The van der Waals surface area contributed by atoms with Crippen molar-refractivity contribution in [2.24, 2.45) is 0 Å². The third-order valence-electron chi connectivity index (χ3n) is 6.44. The Balaban J connectivity index is 1.57. The predicted octanol–water partition coefficient (Wildman–Crippen LogP) is 9.25. The molecule has 4 aromatic rings. The Hall–Kier alpha value is -2.25. The molecule has 0 spiro atoms. The minimum atomic E-state index is 1.03. The summed E-state index contributed by atoms with van der Waals surface area (Å²) < 4.78 is 0. The van der Waals surface area contributed by atoms with Crippen molar-refractivity contribution in [2.45, 2.75) is 57.8 Å². The van der Waals surface area contributed by atoms with Crippen LogP contribution in [0.1, 0.15) is 56.9 Å². The number of aryl methyl sites for hydroxylation is 1. The van der Waals surface area contributed by atoms with Crippen LogP contribution in [0.25, 0.3) is 32.7 Å². The molecule has 0 N–H and O–H groups in total. The van der Waals surface area contributed by atoms with Crippen LogP contribution in [0.3, 0.4) is 0 Å². The summed E-state index contributed by atoms with van der Waals surface area (Å²) in [6.45, 7) is 0. The second-order valence-corrected chi connectivity index (χ2v) is 9.06. The van der Waals surface area contributed by atoms with E-state index in [9.17, 15) is 0 Å². The molecule has 0 aliphatic heterocycles. The van der Waals surface area contributed by atoms with Crippen molar-refractivity contribution in [3.63, 3.8) is 0 Å². The van der Waals surface area contributed by atoms with Crippen LogP contribution in [0, 0.1) is 0 Å². The number of thiol groups is 1. The van der Waals surface area contributed by atoms with E-state index in [1.807, 2.05) is 0 Å². The quantitative estimate of drug-likeness (QED) is 0.138. The third kappa shape index (κ3) is 5.33. The molecule has 31 heavy (non-hydrogen) atoms. The second kappa shape index (κ2) is 11.4. The molecule has 0 nitrogen and oxygen atoms in total. The van der Waals surface area contributed by atoms with Gasteiger partial charge >= 0.3 is 0 Å². The van der Waals surface area contributed by atoms with Crippen molar-refractivity contribution in [1.82, 2.24) is 0 Å². The largest absolute Gasteiger partial charge is 0.179 e. The minimum Gasteiger partial charge on any atom is -0.179 e. The average molecular weight is 427 g/mol. The van der Waals surface area contributed by atoms with E-state index in [1.54, 1.807) is 0 Å². The monoisotopic (exact) mass is 426 g/mol. The molecular weight excluding hydrogens is 392 g/mol. The van der Waals surface area contributed by atoms with Crippen LogP contribution in [-0.2, 0) is 6.42 Å². The average Bonchev–Trinajstić information content (AvgIpc) is 2.83. The van der Waals surface area contributed by atoms with Crippen molar-refractivity contribution < 1.29 is 0 Å². The van der Waals surface area contributed by atoms with Gasteiger partial charge in [-0.15, -0.1) is 0 Å². The highest BCUT2D eigenvalue weighted by molar-refractivity contribution is 7.80. The highest BCUT2D eigenvalue weighted by Crippen LogP contribution is 2.39. The first-order valence-corrected chi connectivity index (χ1v) is 12.6. The van der Waals surface area contributed by atoms with E-state index < -0.39 is 0 Å². The fourth-order valence-electron chi connectivity index (χ4n) is 4.88. The van der Waals surface area contributed by atoms with Crippen LogP contribution < -0.4 is 0 Å². The Kier molecular flexibility index (Phi) is 8.07. The van der Waals surface area contributed by atoms with Crippen LogP contribution >= 0.6 is 12.6 Å². The summed E-state index contributed by atoms with van der Waals surface area (Å²) in [6.07, 6.45) is 11.9. The molecule has 1 heteroatoms. The lowest BCUT2D eigenvalue weighted by Gasteiger charge is -2.17. The first kappa shape index (κ1) is 22.0. The second-order valence-electron chi connectivity index (χ2n) is 8.61. The molecule has 0 amide bonds. The molecule has 160 valence electrons. The Morgan fingerprint density at radius 2 is 0.903 bits per heavy atom. The van der Waals surface area contributed by atoms with Gasteiger partial charge in [0.15, 0.2) is 0 Å². The summed E-state index contributed by atoms with van der Waals surface area (Å²) in [5.41, 5.74) is 4.20. The van der Waals surface area contributed by atoms with Gasteiger partial charge in [-0.3, -0.25) is 0 Å². The van der Waals surface area contributed by atoms with Crippen molar-refractivity contribution >= 4 is 34.2 Å². The van der Waals surface area contributed by atoms with Gasteiger partial charge in [-0.1, -0.05) is 117 Å². The summed E-state index contributed by atoms with van der Waals surface area (Å²) in [4.78, 5) is 0. The summed E-state index contributed by atoms with van der Waals surface area (Å²) in [5, 5.41) is 5.61. The van der Waals surface area contributed by atoms with Gasteiger partial charge in [0, 0.05) is 0 Å². The Bertz CT molecular complexity index is 1040. The number of rotatable bonds is 11. The standard InChI is InChI=1S/C30H34S/c31-23-15-6-4-2-1-3-5-10-18-25-26-19-11-13-21-28(26)30(24-16-8-7-9-17-24)29-22-14-12-20-27(25)29/h7-9,11-14,16-17,19-22,31H,1-6,10,15,18,23H2. The molecule has 0 bridgehead atoms. The van der Waals surface area contributed by atoms with E-state index >= 15 is 0 Å². The molecule has 4 aromatic carbocycles. The summed E-state index contributed by atoms with van der Waals surface area (Å²) in [6, 6.07) is 28.9. The highest BCUT2D eigenvalue weighted by Gasteiger charge is 2.14. The normalized spacial score (nSPS) is 11.4. The Morgan fingerprint density at radius 1 is 0.452 bits per heavy atom. The number of unbranched alkanes of at least 4 members (excludes halogenated alkanes) is 7. The first-order chi connectivity index (χ1) is 15.4. The van der Waals surface area contributed by atoms with Crippen LogP contribution in [0.5, 0.6) is 0 Å². The molecule has 0 saturated heterocycles.